The van der Waals surface area contributed by atoms with Gasteiger partial charge in [0.1, 0.15) is 0 Å². The van der Waals surface area contributed by atoms with Gasteiger partial charge in [0.15, 0.2) is 0 Å². The molecule has 0 aromatic heterocycles. The van der Waals surface area contributed by atoms with Crippen LogP contribution in [0, 0.1) is 0 Å². The standard InChI is InChI=1S/C28H34N4O/c1-3-31(4-2)27-14-10-23(11-15-27)20-25-12-13-26(28(25)32-16-18-33-19-17-32)22-30-29-21-24-8-6-5-7-9-24/h5-11,14-15,20-22H,3-4,12-13,16-19H2,1-2H3/b25-20+,29-21+,30-22+. The first-order chi connectivity index (χ1) is 16.3. The van der Waals surface area contributed by atoms with Gasteiger partial charge in [0.05, 0.1) is 25.6 Å². The average Bonchev–Trinajstić information content (AvgIpc) is 3.27. The highest BCUT2D eigenvalue weighted by molar-refractivity contribution is 5.85. The molecule has 1 saturated heterocycles. The molecule has 0 unspecified atom stereocenters. The third kappa shape index (κ3) is 5.99. The lowest BCUT2D eigenvalue weighted by Gasteiger charge is -2.31. The van der Waals surface area contributed by atoms with Crippen LogP contribution in [0.1, 0.15) is 37.8 Å². The van der Waals surface area contributed by atoms with Gasteiger partial charge >= 0.3 is 0 Å². The Morgan fingerprint density at radius 2 is 1.55 bits per heavy atom. The van der Waals surface area contributed by atoms with Gasteiger partial charge in [-0.2, -0.15) is 10.2 Å². The first-order valence-corrected chi connectivity index (χ1v) is 12.0. The second kappa shape index (κ2) is 11.6. The van der Waals surface area contributed by atoms with Crippen LogP contribution < -0.4 is 4.90 Å². The van der Waals surface area contributed by atoms with Gasteiger partial charge in [-0.15, -0.1) is 0 Å². The molecular weight excluding hydrogens is 408 g/mol. The van der Waals surface area contributed by atoms with E-state index in [2.05, 4.69) is 64.2 Å². The molecule has 172 valence electrons. The van der Waals surface area contributed by atoms with Gasteiger partial charge < -0.3 is 14.5 Å². The van der Waals surface area contributed by atoms with Crippen LogP contribution in [0.25, 0.3) is 6.08 Å². The van der Waals surface area contributed by atoms with Gasteiger partial charge in [0.25, 0.3) is 0 Å². The summed E-state index contributed by atoms with van der Waals surface area (Å²) >= 11 is 0. The molecule has 1 heterocycles. The van der Waals surface area contributed by atoms with E-state index >= 15 is 0 Å². The van der Waals surface area contributed by atoms with Gasteiger partial charge in [-0.05, 0) is 67.2 Å². The summed E-state index contributed by atoms with van der Waals surface area (Å²) in [5, 5.41) is 8.66. The predicted octanol–water partition coefficient (Wildman–Crippen LogP) is 5.40. The summed E-state index contributed by atoms with van der Waals surface area (Å²) in [6.45, 7) is 9.81. The van der Waals surface area contributed by atoms with Crippen molar-refractivity contribution in [1.29, 1.82) is 0 Å². The highest BCUT2D eigenvalue weighted by Crippen LogP contribution is 2.35. The molecule has 0 saturated carbocycles. The number of rotatable bonds is 8. The van der Waals surface area contributed by atoms with E-state index in [1.54, 1.807) is 6.21 Å². The Balaban J connectivity index is 1.57. The van der Waals surface area contributed by atoms with Gasteiger partial charge in [-0.25, -0.2) is 0 Å². The molecule has 33 heavy (non-hydrogen) atoms. The zero-order chi connectivity index (χ0) is 22.9. The lowest BCUT2D eigenvalue weighted by atomic mass is 10.1. The number of ether oxygens (including phenoxy) is 1. The number of morpholine rings is 1. The smallest absolute Gasteiger partial charge is 0.0642 e. The van der Waals surface area contributed by atoms with E-state index in [0.717, 1.165) is 57.8 Å². The van der Waals surface area contributed by atoms with Crippen molar-refractivity contribution < 1.29 is 4.74 Å². The number of nitrogens with zero attached hydrogens (tertiary/aromatic N) is 4. The summed E-state index contributed by atoms with van der Waals surface area (Å²) in [7, 11) is 0. The van der Waals surface area contributed by atoms with Crippen molar-refractivity contribution in [3.63, 3.8) is 0 Å². The Kier molecular flexibility index (Phi) is 8.09. The minimum atomic E-state index is 0.770. The molecule has 0 N–H and O–H groups in total. The fourth-order valence-electron chi connectivity index (χ4n) is 4.49. The summed E-state index contributed by atoms with van der Waals surface area (Å²) < 4.78 is 5.61. The van der Waals surface area contributed by atoms with Crippen molar-refractivity contribution >= 4 is 24.2 Å². The minimum absolute atomic E-state index is 0.770. The second-order valence-electron chi connectivity index (χ2n) is 8.31. The molecule has 1 aliphatic carbocycles. The van der Waals surface area contributed by atoms with Crippen LogP contribution in [0.15, 0.2) is 81.6 Å². The summed E-state index contributed by atoms with van der Waals surface area (Å²) in [4.78, 5) is 4.82. The van der Waals surface area contributed by atoms with Crippen molar-refractivity contribution in [2.75, 3.05) is 44.3 Å². The van der Waals surface area contributed by atoms with E-state index in [9.17, 15) is 0 Å². The third-order valence-corrected chi connectivity index (χ3v) is 6.25. The molecule has 1 fully saturated rings. The van der Waals surface area contributed by atoms with E-state index in [4.69, 9.17) is 4.74 Å². The molecule has 4 rings (SSSR count). The molecule has 2 aliphatic rings. The Hall–Kier alpha value is -3.18. The molecule has 0 spiro atoms. The van der Waals surface area contributed by atoms with Crippen molar-refractivity contribution in [2.45, 2.75) is 26.7 Å². The summed E-state index contributed by atoms with van der Waals surface area (Å²) in [5.74, 6) is 0. The topological polar surface area (TPSA) is 40.4 Å². The van der Waals surface area contributed by atoms with Gasteiger partial charge in [-0.1, -0.05) is 42.5 Å². The van der Waals surface area contributed by atoms with E-state index in [0.29, 0.717) is 0 Å². The highest BCUT2D eigenvalue weighted by atomic mass is 16.5. The average molecular weight is 443 g/mol. The maximum absolute atomic E-state index is 5.61. The minimum Gasteiger partial charge on any atom is -0.378 e. The monoisotopic (exact) mass is 442 g/mol. The number of benzene rings is 2. The summed E-state index contributed by atoms with van der Waals surface area (Å²) in [6, 6.07) is 19.0. The van der Waals surface area contributed by atoms with Gasteiger partial charge in [-0.3, -0.25) is 0 Å². The van der Waals surface area contributed by atoms with Crippen molar-refractivity contribution in [3.8, 4) is 0 Å². The van der Waals surface area contributed by atoms with Gasteiger partial charge in [0.2, 0.25) is 0 Å². The number of hydrogen-bond donors (Lipinski definition) is 0. The zero-order valence-corrected chi connectivity index (χ0v) is 19.8. The van der Waals surface area contributed by atoms with E-state index in [-0.39, 0.29) is 0 Å². The first kappa shape index (κ1) is 23.0. The fraction of sp³-hybridized carbons (Fsp3) is 0.357. The van der Waals surface area contributed by atoms with E-state index in [1.807, 2.05) is 36.5 Å². The molecule has 5 heteroatoms. The Morgan fingerprint density at radius 3 is 2.24 bits per heavy atom. The van der Waals surface area contributed by atoms with Gasteiger partial charge in [0, 0.05) is 37.6 Å². The molecule has 0 bridgehead atoms. The van der Waals surface area contributed by atoms with Crippen LogP contribution >= 0.6 is 0 Å². The molecule has 5 nitrogen and oxygen atoms in total. The third-order valence-electron chi connectivity index (χ3n) is 6.25. The van der Waals surface area contributed by atoms with Crippen molar-refractivity contribution in [2.24, 2.45) is 10.2 Å². The SMILES string of the molecule is CCN(CC)c1ccc(/C=C2\CCC(/C=N/N=C/c3ccccc3)=C2N2CCOCC2)cc1. The maximum Gasteiger partial charge on any atom is 0.0642 e. The molecule has 0 amide bonds. The highest BCUT2D eigenvalue weighted by Gasteiger charge is 2.25. The van der Waals surface area contributed by atoms with E-state index < -0.39 is 0 Å². The van der Waals surface area contributed by atoms with Crippen LogP contribution in [-0.4, -0.2) is 56.7 Å². The Bertz CT molecular complexity index is 1010. The van der Waals surface area contributed by atoms with Crippen LogP contribution in [0.2, 0.25) is 0 Å². The molecular formula is C28H34N4O. The normalized spacial score (nSPS) is 18.2. The van der Waals surface area contributed by atoms with Crippen molar-refractivity contribution in [1.82, 2.24) is 4.90 Å². The predicted molar refractivity (Wildman–Crippen MR) is 139 cm³/mol. The number of hydrogen-bond acceptors (Lipinski definition) is 5. The fourth-order valence-corrected chi connectivity index (χ4v) is 4.49. The first-order valence-electron chi connectivity index (χ1n) is 12.0. The lowest BCUT2D eigenvalue weighted by molar-refractivity contribution is 0.0548. The van der Waals surface area contributed by atoms with E-state index in [1.165, 1.54) is 28.1 Å². The second-order valence-corrected chi connectivity index (χ2v) is 8.31. The maximum atomic E-state index is 5.61. The van der Waals surface area contributed by atoms with Crippen LogP contribution in [0.3, 0.4) is 0 Å². The number of anilines is 1. The molecule has 2 aromatic carbocycles. The molecule has 1 aliphatic heterocycles. The Labute approximate surface area is 197 Å². The quantitative estimate of drug-likeness (QED) is 0.406. The van der Waals surface area contributed by atoms with Crippen molar-refractivity contribution in [3.05, 3.63) is 82.6 Å². The molecule has 0 atom stereocenters. The summed E-state index contributed by atoms with van der Waals surface area (Å²) in [6.07, 6.45) is 8.09. The Morgan fingerprint density at radius 1 is 0.848 bits per heavy atom. The largest absolute Gasteiger partial charge is 0.378 e. The molecule has 2 aromatic rings. The van der Waals surface area contributed by atoms with Crippen LogP contribution in [-0.2, 0) is 4.74 Å². The lowest BCUT2D eigenvalue weighted by Crippen LogP contribution is -2.36. The summed E-state index contributed by atoms with van der Waals surface area (Å²) in [5.41, 5.74) is 7.52. The van der Waals surface area contributed by atoms with Crippen LogP contribution in [0.5, 0.6) is 0 Å². The zero-order valence-electron chi connectivity index (χ0n) is 19.8. The number of allylic oxidation sites excluding steroid dienone is 2. The molecule has 0 radical (unpaired) electrons. The van der Waals surface area contributed by atoms with Crippen LogP contribution in [0.4, 0.5) is 5.69 Å².